The van der Waals surface area contributed by atoms with Gasteiger partial charge < -0.3 is 15.2 Å². The van der Waals surface area contributed by atoms with Gasteiger partial charge in [0.25, 0.3) is 5.91 Å². The second-order valence-corrected chi connectivity index (χ2v) is 5.66. The van der Waals surface area contributed by atoms with E-state index in [4.69, 9.17) is 15.2 Å². The first-order chi connectivity index (χ1) is 9.52. The lowest BCUT2D eigenvalue weighted by atomic mass is 9.84. The molecule has 2 N–H and O–H groups in total. The van der Waals surface area contributed by atoms with Gasteiger partial charge in [-0.1, -0.05) is 12.5 Å². The predicted molar refractivity (Wildman–Crippen MR) is 77.8 cm³/mol. The first-order valence-electron chi connectivity index (χ1n) is 7.27. The van der Waals surface area contributed by atoms with Crippen LogP contribution in [0.2, 0.25) is 0 Å². The molecule has 1 aliphatic rings. The highest BCUT2D eigenvalue weighted by molar-refractivity contribution is 5.84. The molecule has 1 aliphatic carbocycles. The number of ether oxygens (including phenoxy) is 2. The Hall–Kier alpha value is -1.71. The number of carbonyl (C=O) groups is 1. The largest absolute Gasteiger partial charge is 0.491 e. The van der Waals surface area contributed by atoms with Crippen LogP contribution in [0.25, 0.3) is 0 Å². The van der Waals surface area contributed by atoms with Gasteiger partial charge >= 0.3 is 0 Å². The third-order valence-corrected chi connectivity index (χ3v) is 3.60. The van der Waals surface area contributed by atoms with E-state index < -0.39 is 5.60 Å². The van der Waals surface area contributed by atoms with E-state index in [-0.39, 0.29) is 12.0 Å². The summed E-state index contributed by atoms with van der Waals surface area (Å²) in [6.45, 7) is 3.94. The van der Waals surface area contributed by atoms with Crippen molar-refractivity contribution < 1.29 is 14.3 Å². The highest BCUT2D eigenvalue weighted by atomic mass is 16.5. The van der Waals surface area contributed by atoms with Gasteiger partial charge in [-0.15, -0.1) is 0 Å². The molecule has 20 heavy (non-hydrogen) atoms. The van der Waals surface area contributed by atoms with E-state index in [0.29, 0.717) is 18.6 Å². The molecule has 1 fully saturated rings. The number of hydrogen-bond acceptors (Lipinski definition) is 3. The van der Waals surface area contributed by atoms with Gasteiger partial charge in [-0.25, -0.2) is 0 Å². The van der Waals surface area contributed by atoms with Gasteiger partial charge in [0.15, 0.2) is 5.60 Å². The number of carbonyl (C=O) groups excluding carboxylic acids is 1. The highest BCUT2D eigenvalue weighted by Crippen LogP contribution is 2.34. The van der Waals surface area contributed by atoms with Crippen LogP contribution in [-0.2, 0) is 4.79 Å². The van der Waals surface area contributed by atoms with Crippen molar-refractivity contribution in [2.24, 2.45) is 5.73 Å². The van der Waals surface area contributed by atoms with Crippen LogP contribution in [0.15, 0.2) is 24.3 Å². The molecular formula is C16H23NO3. The molecular weight excluding hydrogens is 254 g/mol. The molecule has 0 saturated heterocycles. The minimum Gasteiger partial charge on any atom is -0.491 e. The van der Waals surface area contributed by atoms with E-state index in [0.717, 1.165) is 25.0 Å². The smallest absolute Gasteiger partial charge is 0.261 e. The highest BCUT2D eigenvalue weighted by Gasteiger charge is 2.40. The van der Waals surface area contributed by atoms with E-state index >= 15 is 0 Å². The van der Waals surface area contributed by atoms with Crippen LogP contribution in [0.1, 0.15) is 46.0 Å². The molecule has 0 bridgehead atoms. The van der Waals surface area contributed by atoms with Crippen molar-refractivity contribution in [3.05, 3.63) is 24.3 Å². The molecule has 2 rings (SSSR count). The number of rotatable bonds is 5. The molecule has 4 nitrogen and oxygen atoms in total. The Kier molecular flexibility index (Phi) is 4.53. The number of primary amides is 1. The van der Waals surface area contributed by atoms with Crippen LogP contribution < -0.4 is 15.2 Å². The lowest BCUT2D eigenvalue weighted by Gasteiger charge is -2.34. The number of hydrogen-bond donors (Lipinski definition) is 1. The zero-order chi connectivity index (χ0) is 14.6. The molecule has 0 atom stereocenters. The molecule has 1 amide bonds. The summed E-state index contributed by atoms with van der Waals surface area (Å²) in [6.07, 6.45) is 4.57. The summed E-state index contributed by atoms with van der Waals surface area (Å²) in [5.41, 5.74) is 4.72. The van der Waals surface area contributed by atoms with Crippen LogP contribution in [0.3, 0.4) is 0 Å². The Morgan fingerprint density at radius 1 is 1.20 bits per heavy atom. The van der Waals surface area contributed by atoms with Gasteiger partial charge in [-0.2, -0.15) is 0 Å². The Morgan fingerprint density at radius 3 is 2.45 bits per heavy atom. The molecule has 0 radical (unpaired) electrons. The first-order valence-corrected chi connectivity index (χ1v) is 7.27. The lowest BCUT2D eigenvalue weighted by molar-refractivity contribution is -0.136. The summed E-state index contributed by atoms with van der Waals surface area (Å²) in [4.78, 5) is 11.8. The van der Waals surface area contributed by atoms with E-state index in [2.05, 4.69) is 0 Å². The maximum atomic E-state index is 11.8. The summed E-state index contributed by atoms with van der Waals surface area (Å²) in [5.74, 6) is 1.02. The van der Waals surface area contributed by atoms with E-state index in [1.165, 1.54) is 0 Å². The maximum Gasteiger partial charge on any atom is 0.261 e. The molecule has 110 valence electrons. The monoisotopic (exact) mass is 277 g/mol. The zero-order valence-electron chi connectivity index (χ0n) is 12.2. The average Bonchev–Trinajstić information content (AvgIpc) is 2.39. The van der Waals surface area contributed by atoms with E-state index in [9.17, 15) is 4.79 Å². The summed E-state index contributed by atoms with van der Waals surface area (Å²) in [5, 5.41) is 0. The normalized spacial score (nSPS) is 17.8. The van der Waals surface area contributed by atoms with Crippen LogP contribution in [0.5, 0.6) is 11.5 Å². The van der Waals surface area contributed by atoms with E-state index in [1.807, 2.05) is 38.1 Å². The SMILES string of the molecule is CC(C)Oc1cccc(OC2(C(N)=O)CCCCC2)c1. The average molecular weight is 277 g/mol. The van der Waals surface area contributed by atoms with Crippen molar-refractivity contribution in [3.8, 4) is 11.5 Å². The van der Waals surface area contributed by atoms with Crippen molar-refractivity contribution in [3.63, 3.8) is 0 Å². The van der Waals surface area contributed by atoms with Gasteiger partial charge in [-0.3, -0.25) is 4.79 Å². The Balaban J connectivity index is 2.16. The molecule has 0 spiro atoms. The minimum atomic E-state index is -0.852. The third kappa shape index (κ3) is 3.44. The second-order valence-electron chi connectivity index (χ2n) is 5.66. The van der Waals surface area contributed by atoms with Crippen LogP contribution in [0.4, 0.5) is 0 Å². The van der Waals surface area contributed by atoms with Crippen molar-refractivity contribution >= 4 is 5.91 Å². The fraction of sp³-hybridized carbons (Fsp3) is 0.562. The topological polar surface area (TPSA) is 61.6 Å². The van der Waals surface area contributed by atoms with Crippen LogP contribution in [-0.4, -0.2) is 17.6 Å². The number of benzene rings is 1. The fourth-order valence-corrected chi connectivity index (χ4v) is 2.63. The van der Waals surface area contributed by atoms with Gasteiger partial charge in [0.05, 0.1) is 6.10 Å². The molecule has 0 heterocycles. The Bertz CT molecular complexity index is 465. The van der Waals surface area contributed by atoms with Crippen LogP contribution in [0, 0.1) is 0 Å². The minimum absolute atomic E-state index is 0.102. The van der Waals surface area contributed by atoms with Crippen molar-refractivity contribution in [1.29, 1.82) is 0 Å². The van der Waals surface area contributed by atoms with Gasteiger partial charge in [-0.05, 0) is 51.7 Å². The maximum absolute atomic E-state index is 11.8. The number of nitrogens with two attached hydrogens (primary N) is 1. The summed E-state index contributed by atoms with van der Waals surface area (Å²) >= 11 is 0. The molecule has 0 unspecified atom stereocenters. The van der Waals surface area contributed by atoms with Crippen molar-refractivity contribution in [2.45, 2.75) is 57.7 Å². The van der Waals surface area contributed by atoms with Crippen LogP contribution >= 0.6 is 0 Å². The molecule has 1 aromatic rings. The molecule has 4 heteroatoms. The lowest BCUT2D eigenvalue weighted by Crippen LogP contribution is -2.50. The van der Waals surface area contributed by atoms with Crippen molar-refractivity contribution in [2.75, 3.05) is 0 Å². The quantitative estimate of drug-likeness (QED) is 0.899. The molecule has 1 aromatic carbocycles. The fourth-order valence-electron chi connectivity index (χ4n) is 2.63. The van der Waals surface area contributed by atoms with E-state index in [1.54, 1.807) is 0 Å². The Labute approximate surface area is 120 Å². The van der Waals surface area contributed by atoms with Crippen molar-refractivity contribution in [1.82, 2.24) is 0 Å². The molecule has 1 saturated carbocycles. The number of amides is 1. The summed E-state index contributed by atoms with van der Waals surface area (Å²) in [6, 6.07) is 7.40. The second kappa shape index (κ2) is 6.16. The summed E-state index contributed by atoms with van der Waals surface area (Å²) in [7, 11) is 0. The molecule has 0 aliphatic heterocycles. The standard InChI is InChI=1S/C16H23NO3/c1-12(2)19-13-7-6-8-14(11-13)20-16(15(17)18)9-4-3-5-10-16/h6-8,11-12H,3-5,9-10H2,1-2H3,(H2,17,18). The molecule has 0 aromatic heterocycles. The van der Waals surface area contributed by atoms with Gasteiger partial charge in [0, 0.05) is 6.07 Å². The van der Waals surface area contributed by atoms with Gasteiger partial charge in [0.1, 0.15) is 11.5 Å². The predicted octanol–water partition coefficient (Wildman–Crippen LogP) is 3.04. The summed E-state index contributed by atoms with van der Waals surface area (Å²) < 4.78 is 11.6. The third-order valence-electron chi connectivity index (χ3n) is 3.60. The zero-order valence-corrected chi connectivity index (χ0v) is 12.2. The Morgan fingerprint density at radius 2 is 1.85 bits per heavy atom. The van der Waals surface area contributed by atoms with Gasteiger partial charge in [0.2, 0.25) is 0 Å². The first kappa shape index (κ1) is 14.7.